The molecule has 6 heteroatoms. The Bertz CT molecular complexity index is 902. The summed E-state index contributed by atoms with van der Waals surface area (Å²) >= 11 is 0. The molecule has 0 atom stereocenters. The van der Waals surface area contributed by atoms with Gasteiger partial charge in [0.25, 0.3) is 0 Å². The first-order valence-electron chi connectivity index (χ1n) is 8.13. The van der Waals surface area contributed by atoms with E-state index in [1.54, 1.807) is 11.7 Å². The van der Waals surface area contributed by atoms with Crippen LogP contribution in [-0.2, 0) is 11.3 Å². The van der Waals surface area contributed by atoms with Crippen molar-refractivity contribution in [3.8, 4) is 22.9 Å². The Morgan fingerprint density at radius 3 is 2.72 bits per heavy atom. The molecule has 0 amide bonds. The smallest absolute Gasteiger partial charge is 0.323 e. The molecule has 0 aliphatic rings. The van der Waals surface area contributed by atoms with Gasteiger partial charge in [-0.1, -0.05) is 25.1 Å². The Morgan fingerprint density at radius 2 is 2.00 bits per heavy atom. The van der Waals surface area contributed by atoms with E-state index in [0.717, 1.165) is 17.5 Å². The number of para-hydroxylation sites is 3. The SMILES string of the molecule is CCCOc1c(OC)cccc1-c1nc2ccccc2n1CC(=O)O. The third kappa shape index (κ3) is 3.28. The van der Waals surface area contributed by atoms with Gasteiger partial charge in [-0.05, 0) is 30.7 Å². The van der Waals surface area contributed by atoms with Crippen molar-refractivity contribution in [2.75, 3.05) is 13.7 Å². The maximum Gasteiger partial charge on any atom is 0.323 e. The first kappa shape index (κ1) is 16.8. The zero-order chi connectivity index (χ0) is 17.8. The number of aromatic nitrogens is 2. The van der Waals surface area contributed by atoms with Crippen LogP contribution in [0.3, 0.4) is 0 Å². The lowest BCUT2D eigenvalue weighted by Crippen LogP contribution is -2.10. The molecule has 0 bridgehead atoms. The minimum Gasteiger partial charge on any atom is -0.493 e. The molecule has 6 nitrogen and oxygen atoms in total. The fourth-order valence-electron chi connectivity index (χ4n) is 2.78. The molecule has 1 aromatic heterocycles. The van der Waals surface area contributed by atoms with Crippen LogP contribution in [0.1, 0.15) is 13.3 Å². The monoisotopic (exact) mass is 340 g/mol. The van der Waals surface area contributed by atoms with Crippen LogP contribution in [0.25, 0.3) is 22.4 Å². The summed E-state index contributed by atoms with van der Waals surface area (Å²) in [6.07, 6.45) is 0.850. The molecule has 3 rings (SSSR count). The first-order chi connectivity index (χ1) is 12.2. The minimum absolute atomic E-state index is 0.180. The molecule has 0 fully saturated rings. The van der Waals surface area contributed by atoms with E-state index in [2.05, 4.69) is 4.98 Å². The van der Waals surface area contributed by atoms with Crippen molar-refractivity contribution < 1.29 is 19.4 Å². The number of fused-ring (bicyclic) bond motifs is 1. The van der Waals surface area contributed by atoms with E-state index in [9.17, 15) is 9.90 Å². The molecule has 25 heavy (non-hydrogen) atoms. The van der Waals surface area contributed by atoms with Crippen LogP contribution in [0.15, 0.2) is 42.5 Å². The van der Waals surface area contributed by atoms with E-state index in [1.807, 2.05) is 49.4 Å². The quantitative estimate of drug-likeness (QED) is 0.711. The molecule has 1 heterocycles. The third-order valence-electron chi connectivity index (χ3n) is 3.84. The predicted octanol–water partition coefficient (Wildman–Crippen LogP) is 3.59. The maximum atomic E-state index is 11.4. The summed E-state index contributed by atoms with van der Waals surface area (Å²) in [6.45, 7) is 2.38. The first-order valence-corrected chi connectivity index (χ1v) is 8.13. The predicted molar refractivity (Wildman–Crippen MR) is 95.1 cm³/mol. The average molecular weight is 340 g/mol. The number of hydrogen-bond acceptors (Lipinski definition) is 4. The van der Waals surface area contributed by atoms with E-state index < -0.39 is 5.97 Å². The van der Waals surface area contributed by atoms with Crippen LogP contribution in [0.5, 0.6) is 11.5 Å². The topological polar surface area (TPSA) is 73.6 Å². The van der Waals surface area contributed by atoms with Gasteiger partial charge >= 0.3 is 5.97 Å². The van der Waals surface area contributed by atoms with Crippen LogP contribution in [0.4, 0.5) is 0 Å². The fourth-order valence-corrected chi connectivity index (χ4v) is 2.78. The van der Waals surface area contributed by atoms with Gasteiger partial charge < -0.3 is 19.1 Å². The zero-order valence-corrected chi connectivity index (χ0v) is 14.2. The summed E-state index contributed by atoms with van der Waals surface area (Å²) in [4.78, 5) is 16.0. The summed E-state index contributed by atoms with van der Waals surface area (Å²) in [5.74, 6) is 0.797. The highest BCUT2D eigenvalue weighted by molar-refractivity contribution is 5.84. The molecule has 0 aliphatic carbocycles. The molecule has 0 unspecified atom stereocenters. The number of aliphatic carboxylic acids is 1. The van der Waals surface area contributed by atoms with E-state index in [4.69, 9.17) is 9.47 Å². The number of hydrogen-bond donors (Lipinski definition) is 1. The Morgan fingerprint density at radius 1 is 1.20 bits per heavy atom. The Labute approximate surface area is 145 Å². The number of nitrogens with zero attached hydrogens (tertiary/aromatic N) is 2. The Hall–Kier alpha value is -3.02. The van der Waals surface area contributed by atoms with Gasteiger partial charge in [0, 0.05) is 0 Å². The molecule has 0 saturated carbocycles. The highest BCUT2D eigenvalue weighted by atomic mass is 16.5. The van der Waals surface area contributed by atoms with Gasteiger partial charge in [-0.25, -0.2) is 4.98 Å². The van der Waals surface area contributed by atoms with Crippen LogP contribution in [0.2, 0.25) is 0 Å². The van der Waals surface area contributed by atoms with Gasteiger partial charge in [0.05, 0.1) is 30.3 Å². The second kappa shape index (κ2) is 7.25. The third-order valence-corrected chi connectivity index (χ3v) is 3.84. The standard InChI is InChI=1S/C19H20N2O4/c1-3-11-25-18-13(7-6-10-16(18)24-2)19-20-14-8-4-5-9-15(14)21(19)12-17(22)23/h4-10H,3,11-12H2,1-2H3,(H,22,23). The lowest BCUT2D eigenvalue weighted by Gasteiger charge is -2.15. The van der Waals surface area contributed by atoms with Gasteiger partial charge in [0.1, 0.15) is 12.4 Å². The van der Waals surface area contributed by atoms with E-state index in [1.165, 1.54) is 0 Å². The lowest BCUT2D eigenvalue weighted by molar-refractivity contribution is -0.137. The lowest BCUT2D eigenvalue weighted by atomic mass is 10.1. The molecule has 3 aromatic rings. The second-order valence-corrected chi connectivity index (χ2v) is 5.59. The molecular weight excluding hydrogens is 320 g/mol. The van der Waals surface area contributed by atoms with Gasteiger partial charge in [-0.15, -0.1) is 0 Å². The summed E-state index contributed by atoms with van der Waals surface area (Å²) in [5, 5.41) is 9.32. The number of ether oxygens (including phenoxy) is 2. The molecule has 0 spiro atoms. The summed E-state index contributed by atoms with van der Waals surface area (Å²) in [5.41, 5.74) is 2.22. The number of rotatable bonds is 7. The van der Waals surface area contributed by atoms with Crippen LogP contribution < -0.4 is 9.47 Å². The van der Waals surface area contributed by atoms with Crippen molar-refractivity contribution in [3.63, 3.8) is 0 Å². The fraction of sp³-hybridized carbons (Fsp3) is 0.263. The summed E-state index contributed by atoms with van der Waals surface area (Å²) in [7, 11) is 1.58. The largest absolute Gasteiger partial charge is 0.493 e. The molecule has 130 valence electrons. The summed E-state index contributed by atoms with van der Waals surface area (Å²) < 4.78 is 13.0. The van der Waals surface area contributed by atoms with Crippen LogP contribution >= 0.6 is 0 Å². The minimum atomic E-state index is -0.927. The molecule has 0 aliphatic heterocycles. The van der Waals surface area contributed by atoms with E-state index in [0.29, 0.717) is 29.5 Å². The van der Waals surface area contributed by atoms with Crippen molar-refractivity contribution in [2.45, 2.75) is 19.9 Å². The number of carboxylic acids is 1. The van der Waals surface area contributed by atoms with Gasteiger partial charge in [0.15, 0.2) is 11.5 Å². The molecule has 0 radical (unpaired) electrons. The average Bonchev–Trinajstić information content (AvgIpc) is 2.97. The summed E-state index contributed by atoms with van der Waals surface area (Å²) in [6, 6.07) is 13.0. The number of methoxy groups -OCH3 is 1. The normalized spacial score (nSPS) is 10.8. The van der Waals surface area contributed by atoms with Gasteiger partial charge in [-0.3, -0.25) is 4.79 Å². The number of benzene rings is 2. The van der Waals surface area contributed by atoms with Gasteiger partial charge in [-0.2, -0.15) is 0 Å². The number of imidazole rings is 1. The highest BCUT2D eigenvalue weighted by Gasteiger charge is 2.20. The Kier molecular flexibility index (Phi) is 4.88. The van der Waals surface area contributed by atoms with Crippen molar-refractivity contribution in [3.05, 3.63) is 42.5 Å². The van der Waals surface area contributed by atoms with Gasteiger partial charge in [0.2, 0.25) is 0 Å². The van der Waals surface area contributed by atoms with Crippen LogP contribution in [0, 0.1) is 0 Å². The zero-order valence-electron chi connectivity index (χ0n) is 14.2. The molecule has 2 aromatic carbocycles. The second-order valence-electron chi connectivity index (χ2n) is 5.59. The molecular formula is C19H20N2O4. The van der Waals surface area contributed by atoms with Crippen molar-refractivity contribution in [1.82, 2.24) is 9.55 Å². The maximum absolute atomic E-state index is 11.4. The van der Waals surface area contributed by atoms with E-state index in [-0.39, 0.29) is 6.54 Å². The molecule has 1 N–H and O–H groups in total. The highest BCUT2D eigenvalue weighted by Crippen LogP contribution is 2.38. The molecule has 0 saturated heterocycles. The number of carboxylic acid groups (broad SMARTS) is 1. The van der Waals surface area contributed by atoms with Crippen LogP contribution in [-0.4, -0.2) is 34.3 Å². The van der Waals surface area contributed by atoms with Crippen molar-refractivity contribution in [2.24, 2.45) is 0 Å². The van der Waals surface area contributed by atoms with Crippen molar-refractivity contribution >= 4 is 17.0 Å². The Balaban J connectivity index is 2.23. The van der Waals surface area contributed by atoms with E-state index >= 15 is 0 Å². The van der Waals surface area contributed by atoms with Crippen molar-refractivity contribution in [1.29, 1.82) is 0 Å². The number of carbonyl (C=O) groups is 1.